The molecule has 0 aliphatic carbocycles. The molecule has 0 spiro atoms. The topological polar surface area (TPSA) is 42.4 Å². The molecular weight excluding hydrogens is 452 g/mol. The van der Waals surface area contributed by atoms with E-state index in [2.05, 4.69) is 0 Å². The van der Waals surface area contributed by atoms with Crippen molar-refractivity contribution in [3.8, 4) is 5.75 Å². The van der Waals surface area contributed by atoms with Gasteiger partial charge >= 0.3 is 0 Å². The predicted molar refractivity (Wildman–Crippen MR) is 137 cm³/mol. The number of nitrogens with zero attached hydrogens (tertiary/aromatic N) is 2. The first-order valence-electron chi connectivity index (χ1n) is 10.7. The lowest BCUT2D eigenvalue weighted by Gasteiger charge is -2.22. The minimum atomic E-state index is -0.158. The van der Waals surface area contributed by atoms with Gasteiger partial charge in [-0.3, -0.25) is 9.69 Å². The van der Waals surface area contributed by atoms with E-state index in [0.29, 0.717) is 40.1 Å². The third-order valence-electron chi connectivity index (χ3n) is 5.42. The van der Waals surface area contributed by atoms with Crippen LogP contribution in [0.15, 0.2) is 84.9 Å². The monoisotopic (exact) mass is 472 g/mol. The molecule has 1 amide bonds. The summed E-state index contributed by atoms with van der Waals surface area (Å²) in [4.78, 5) is 20.7. The third-order valence-corrected chi connectivity index (χ3v) is 6.77. The Kier molecular flexibility index (Phi) is 5.99. The molecule has 0 radical (unpaired) electrons. The summed E-state index contributed by atoms with van der Waals surface area (Å²) < 4.78 is 6.83. The standard InChI is InChI=1S/C27H21ClN2O2S/c1-2-32-22-16-15-19-11-6-7-12-20(19)24(22)26(31)30(17-18-9-4-3-5-10-18)27-29-25-21(28)13-8-14-23(25)33-27/h3-16H,2,17H2,1H3. The fourth-order valence-corrected chi connectivity index (χ4v) is 5.16. The summed E-state index contributed by atoms with van der Waals surface area (Å²) >= 11 is 7.85. The van der Waals surface area contributed by atoms with E-state index >= 15 is 0 Å². The molecule has 0 bridgehead atoms. The number of carbonyl (C=O) groups excluding carboxylic acids is 1. The van der Waals surface area contributed by atoms with Crippen LogP contribution in [-0.2, 0) is 6.54 Å². The summed E-state index contributed by atoms with van der Waals surface area (Å²) in [6, 6.07) is 27.3. The van der Waals surface area contributed by atoms with E-state index in [-0.39, 0.29) is 5.91 Å². The van der Waals surface area contributed by atoms with Crippen LogP contribution in [0.1, 0.15) is 22.8 Å². The number of thiazole rings is 1. The molecule has 6 heteroatoms. The number of hydrogen-bond donors (Lipinski definition) is 0. The van der Waals surface area contributed by atoms with Crippen molar-refractivity contribution in [1.29, 1.82) is 0 Å². The van der Waals surface area contributed by atoms with Gasteiger partial charge in [-0.1, -0.05) is 89.7 Å². The van der Waals surface area contributed by atoms with Crippen molar-refractivity contribution in [2.45, 2.75) is 13.5 Å². The van der Waals surface area contributed by atoms with Gasteiger partial charge in [0.2, 0.25) is 0 Å². The van der Waals surface area contributed by atoms with E-state index in [1.807, 2.05) is 91.9 Å². The highest BCUT2D eigenvalue weighted by atomic mass is 35.5. The lowest BCUT2D eigenvalue weighted by molar-refractivity contribution is 0.0983. The van der Waals surface area contributed by atoms with Gasteiger partial charge in [0, 0.05) is 0 Å². The molecule has 0 N–H and O–H groups in total. The summed E-state index contributed by atoms with van der Waals surface area (Å²) in [6.45, 7) is 2.76. The van der Waals surface area contributed by atoms with Gasteiger partial charge in [-0.2, -0.15) is 0 Å². The summed E-state index contributed by atoms with van der Waals surface area (Å²) in [5.74, 6) is 0.410. The Morgan fingerprint density at radius 3 is 2.55 bits per heavy atom. The highest BCUT2D eigenvalue weighted by Gasteiger charge is 2.26. The number of halogens is 1. The molecule has 0 saturated carbocycles. The van der Waals surface area contributed by atoms with Gasteiger partial charge in [0.1, 0.15) is 11.3 Å². The van der Waals surface area contributed by atoms with Crippen molar-refractivity contribution in [3.63, 3.8) is 0 Å². The van der Waals surface area contributed by atoms with Gasteiger partial charge in [0.15, 0.2) is 5.13 Å². The van der Waals surface area contributed by atoms with Crippen LogP contribution >= 0.6 is 22.9 Å². The summed E-state index contributed by atoms with van der Waals surface area (Å²) in [7, 11) is 0. The van der Waals surface area contributed by atoms with Crippen molar-refractivity contribution in [1.82, 2.24) is 4.98 Å². The van der Waals surface area contributed by atoms with E-state index in [9.17, 15) is 4.79 Å². The van der Waals surface area contributed by atoms with Crippen molar-refractivity contribution >= 4 is 55.0 Å². The average Bonchev–Trinajstić information content (AvgIpc) is 3.28. The normalized spacial score (nSPS) is 11.1. The van der Waals surface area contributed by atoms with Crippen molar-refractivity contribution in [2.24, 2.45) is 0 Å². The highest BCUT2D eigenvalue weighted by molar-refractivity contribution is 7.22. The first-order chi connectivity index (χ1) is 16.2. The molecular formula is C27H21ClN2O2S. The Balaban J connectivity index is 1.69. The van der Waals surface area contributed by atoms with E-state index in [4.69, 9.17) is 21.3 Å². The number of rotatable bonds is 6. The van der Waals surface area contributed by atoms with Crippen LogP contribution in [0.3, 0.4) is 0 Å². The Hall–Kier alpha value is -3.41. The van der Waals surface area contributed by atoms with Gasteiger partial charge < -0.3 is 4.74 Å². The number of aromatic nitrogens is 1. The number of carbonyl (C=O) groups is 1. The maximum Gasteiger partial charge on any atom is 0.264 e. The van der Waals surface area contributed by atoms with Crippen molar-refractivity contribution in [2.75, 3.05) is 11.5 Å². The zero-order valence-electron chi connectivity index (χ0n) is 18.0. The molecule has 164 valence electrons. The second-order valence-corrected chi connectivity index (χ2v) is 8.97. The molecule has 5 aromatic rings. The second kappa shape index (κ2) is 9.22. The van der Waals surface area contributed by atoms with E-state index in [0.717, 1.165) is 21.0 Å². The zero-order valence-corrected chi connectivity index (χ0v) is 19.6. The Morgan fingerprint density at radius 2 is 1.76 bits per heavy atom. The Labute approximate surface area is 201 Å². The number of benzene rings is 4. The smallest absolute Gasteiger partial charge is 0.264 e. The summed E-state index contributed by atoms with van der Waals surface area (Å²) in [5, 5.41) is 3.01. The van der Waals surface area contributed by atoms with Gasteiger partial charge in [-0.05, 0) is 41.5 Å². The molecule has 1 heterocycles. The average molecular weight is 473 g/mol. The van der Waals surface area contributed by atoms with Crippen LogP contribution in [-0.4, -0.2) is 17.5 Å². The van der Waals surface area contributed by atoms with E-state index in [1.54, 1.807) is 4.90 Å². The molecule has 33 heavy (non-hydrogen) atoms. The third kappa shape index (κ3) is 4.17. The molecule has 5 rings (SSSR count). The summed E-state index contributed by atoms with van der Waals surface area (Å²) in [5.41, 5.74) is 2.25. The predicted octanol–water partition coefficient (Wildman–Crippen LogP) is 7.35. The maximum atomic E-state index is 14.2. The van der Waals surface area contributed by atoms with Crippen molar-refractivity contribution in [3.05, 3.63) is 101 Å². The quantitative estimate of drug-likeness (QED) is 0.259. The van der Waals surface area contributed by atoms with Gasteiger partial charge in [0.25, 0.3) is 5.91 Å². The summed E-state index contributed by atoms with van der Waals surface area (Å²) in [6.07, 6.45) is 0. The lowest BCUT2D eigenvalue weighted by atomic mass is 10.0. The van der Waals surface area contributed by atoms with Crippen LogP contribution in [0, 0.1) is 0 Å². The number of fused-ring (bicyclic) bond motifs is 2. The van der Waals surface area contributed by atoms with Gasteiger partial charge in [0.05, 0.1) is 28.4 Å². The van der Waals surface area contributed by atoms with Crippen LogP contribution < -0.4 is 9.64 Å². The van der Waals surface area contributed by atoms with E-state index in [1.165, 1.54) is 11.3 Å². The maximum absolute atomic E-state index is 14.2. The number of ether oxygens (including phenoxy) is 1. The van der Waals surface area contributed by atoms with Crippen LogP contribution in [0.5, 0.6) is 5.75 Å². The second-order valence-electron chi connectivity index (χ2n) is 7.55. The van der Waals surface area contributed by atoms with E-state index < -0.39 is 0 Å². The molecule has 1 aromatic heterocycles. The molecule has 0 unspecified atom stereocenters. The lowest BCUT2D eigenvalue weighted by Crippen LogP contribution is -2.31. The minimum Gasteiger partial charge on any atom is -0.493 e. The molecule has 0 aliphatic heterocycles. The van der Waals surface area contributed by atoms with Gasteiger partial charge in [-0.15, -0.1) is 0 Å². The number of para-hydroxylation sites is 1. The first kappa shape index (κ1) is 21.4. The molecule has 4 nitrogen and oxygen atoms in total. The fourth-order valence-electron chi connectivity index (χ4n) is 3.89. The first-order valence-corrected chi connectivity index (χ1v) is 11.9. The largest absolute Gasteiger partial charge is 0.493 e. The minimum absolute atomic E-state index is 0.158. The molecule has 0 atom stereocenters. The molecule has 0 fully saturated rings. The molecule has 4 aromatic carbocycles. The fraction of sp³-hybridized carbons (Fsp3) is 0.111. The zero-order chi connectivity index (χ0) is 22.8. The van der Waals surface area contributed by atoms with Crippen LogP contribution in [0.2, 0.25) is 5.02 Å². The van der Waals surface area contributed by atoms with Gasteiger partial charge in [-0.25, -0.2) is 4.98 Å². The Morgan fingerprint density at radius 1 is 0.970 bits per heavy atom. The number of hydrogen-bond acceptors (Lipinski definition) is 4. The van der Waals surface area contributed by atoms with Crippen LogP contribution in [0.25, 0.3) is 21.0 Å². The molecule has 0 aliphatic rings. The highest BCUT2D eigenvalue weighted by Crippen LogP contribution is 2.36. The van der Waals surface area contributed by atoms with Crippen LogP contribution in [0.4, 0.5) is 5.13 Å². The number of amides is 1. The SMILES string of the molecule is CCOc1ccc2ccccc2c1C(=O)N(Cc1ccccc1)c1nc2c(Cl)cccc2s1. The molecule has 0 saturated heterocycles. The Bertz CT molecular complexity index is 1450. The number of anilines is 1. The van der Waals surface area contributed by atoms with Crippen molar-refractivity contribution < 1.29 is 9.53 Å².